The first kappa shape index (κ1) is 14.2. The van der Waals surface area contributed by atoms with Gasteiger partial charge in [0, 0.05) is 19.1 Å². The van der Waals surface area contributed by atoms with Gasteiger partial charge in [-0.25, -0.2) is 4.72 Å². The minimum Gasteiger partial charge on any atom is -0.316 e. The van der Waals surface area contributed by atoms with E-state index in [1.54, 1.807) is 4.31 Å². The van der Waals surface area contributed by atoms with Crippen LogP contribution in [-0.4, -0.2) is 44.9 Å². The maximum Gasteiger partial charge on any atom is 0.279 e. The highest BCUT2D eigenvalue weighted by atomic mass is 32.2. The lowest BCUT2D eigenvalue weighted by molar-refractivity contribution is 0.237. The van der Waals surface area contributed by atoms with Gasteiger partial charge in [-0.1, -0.05) is 6.92 Å². The Morgan fingerprint density at radius 1 is 1.33 bits per heavy atom. The topological polar surface area (TPSA) is 61.4 Å². The summed E-state index contributed by atoms with van der Waals surface area (Å²) in [7, 11) is -3.27. The fourth-order valence-electron chi connectivity index (χ4n) is 3.06. The Bertz CT molecular complexity index is 352. The normalized spacial score (nSPS) is 30.7. The standard InChI is InChI=1S/C12H25N3O2S/c1-2-7-14-18(16,17)15-9-4-6-12(15)11-5-3-8-13-10-11/h11-14H,2-10H2,1H3. The third kappa shape index (κ3) is 3.23. The van der Waals surface area contributed by atoms with Gasteiger partial charge >= 0.3 is 0 Å². The van der Waals surface area contributed by atoms with Crippen LogP contribution in [0.5, 0.6) is 0 Å². The van der Waals surface area contributed by atoms with Crippen LogP contribution in [0.4, 0.5) is 0 Å². The number of hydrogen-bond acceptors (Lipinski definition) is 3. The van der Waals surface area contributed by atoms with Crippen molar-refractivity contribution < 1.29 is 8.42 Å². The van der Waals surface area contributed by atoms with Crippen molar-refractivity contribution >= 4 is 10.2 Å². The number of nitrogens with one attached hydrogen (secondary N) is 2. The van der Waals surface area contributed by atoms with E-state index in [1.165, 1.54) is 0 Å². The first-order valence-corrected chi connectivity index (χ1v) is 8.56. The quantitative estimate of drug-likeness (QED) is 0.776. The Balaban J connectivity index is 2.02. The third-order valence-corrected chi connectivity index (χ3v) is 5.61. The molecule has 2 unspecified atom stereocenters. The molecule has 2 aliphatic rings. The molecular weight excluding hydrogens is 250 g/mol. The molecule has 0 radical (unpaired) electrons. The second-order valence-corrected chi connectivity index (χ2v) is 7.03. The Hall–Kier alpha value is -0.170. The number of nitrogens with zero attached hydrogens (tertiary/aromatic N) is 1. The first-order chi connectivity index (χ1) is 8.65. The van der Waals surface area contributed by atoms with Gasteiger partial charge in [0.05, 0.1) is 0 Å². The summed E-state index contributed by atoms with van der Waals surface area (Å²) in [5, 5.41) is 3.38. The van der Waals surface area contributed by atoms with E-state index < -0.39 is 10.2 Å². The summed E-state index contributed by atoms with van der Waals surface area (Å²) in [4.78, 5) is 0. The van der Waals surface area contributed by atoms with Crippen molar-refractivity contribution in [3.05, 3.63) is 0 Å². The van der Waals surface area contributed by atoms with Crippen molar-refractivity contribution in [1.82, 2.24) is 14.3 Å². The molecule has 2 rings (SSSR count). The van der Waals surface area contributed by atoms with E-state index in [0.717, 1.165) is 45.2 Å². The zero-order chi connectivity index (χ0) is 13.0. The summed E-state index contributed by atoms with van der Waals surface area (Å²) >= 11 is 0. The average molecular weight is 275 g/mol. The molecule has 0 spiro atoms. The van der Waals surface area contributed by atoms with Crippen molar-refractivity contribution in [3.63, 3.8) is 0 Å². The first-order valence-electron chi connectivity index (χ1n) is 7.12. The van der Waals surface area contributed by atoms with Gasteiger partial charge in [-0.2, -0.15) is 12.7 Å². The molecule has 2 N–H and O–H groups in total. The van der Waals surface area contributed by atoms with Gasteiger partial charge in [0.15, 0.2) is 0 Å². The van der Waals surface area contributed by atoms with Crippen molar-refractivity contribution in [2.45, 2.75) is 45.1 Å². The van der Waals surface area contributed by atoms with Crippen LogP contribution in [0, 0.1) is 5.92 Å². The smallest absolute Gasteiger partial charge is 0.279 e. The lowest BCUT2D eigenvalue weighted by Crippen LogP contribution is -2.49. The Morgan fingerprint density at radius 2 is 2.17 bits per heavy atom. The van der Waals surface area contributed by atoms with Crippen LogP contribution in [0.15, 0.2) is 0 Å². The molecule has 0 aromatic heterocycles. The molecule has 18 heavy (non-hydrogen) atoms. The minimum absolute atomic E-state index is 0.201. The van der Waals surface area contributed by atoms with Gasteiger partial charge in [-0.05, 0) is 51.1 Å². The maximum absolute atomic E-state index is 12.2. The molecule has 0 bridgehead atoms. The molecule has 0 saturated carbocycles. The molecular formula is C12H25N3O2S. The predicted molar refractivity (Wildman–Crippen MR) is 72.5 cm³/mol. The molecule has 2 saturated heterocycles. The molecule has 5 nitrogen and oxygen atoms in total. The van der Waals surface area contributed by atoms with Crippen molar-refractivity contribution in [3.8, 4) is 0 Å². The second kappa shape index (κ2) is 6.32. The second-order valence-electron chi connectivity index (χ2n) is 5.33. The Labute approximate surface area is 110 Å². The fourth-order valence-corrected chi connectivity index (χ4v) is 4.69. The van der Waals surface area contributed by atoms with Gasteiger partial charge in [0.25, 0.3) is 10.2 Å². The molecule has 0 amide bonds. The number of hydrogen-bond donors (Lipinski definition) is 2. The summed E-state index contributed by atoms with van der Waals surface area (Å²) in [6.07, 6.45) is 5.16. The van der Waals surface area contributed by atoms with E-state index in [-0.39, 0.29) is 6.04 Å². The lowest BCUT2D eigenvalue weighted by atomic mass is 9.91. The molecule has 0 aliphatic carbocycles. The van der Waals surface area contributed by atoms with Crippen LogP contribution in [0.1, 0.15) is 39.0 Å². The summed E-state index contributed by atoms with van der Waals surface area (Å²) < 4.78 is 28.9. The number of piperidine rings is 1. The van der Waals surface area contributed by atoms with E-state index in [4.69, 9.17) is 0 Å². The van der Waals surface area contributed by atoms with E-state index in [0.29, 0.717) is 19.0 Å². The number of rotatable bonds is 5. The van der Waals surface area contributed by atoms with Crippen LogP contribution < -0.4 is 10.0 Å². The highest BCUT2D eigenvalue weighted by molar-refractivity contribution is 7.87. The van der Waals surface area contributed by atoms with Gasteiger partial charge in [-0.15, -0.1) is 0 Å². The van der Waals surface area contributed by atoms with Crippen LogP contribution in [0.25, 0.3) is 0 Å². The lowest BCUT2D eigenvalue weighted by Gasteiger charge is -2.33. The molecule has 0 aromatic carbocycles. The zero-order valence-electron chi connectivity index (χ0n) is 11.2. The monoisotopic (exact) mass is 275 g/mol. The molecule has 2 atom stereocenters. The average Bonchev–Trinajstić information content (AvgIpc) is 2.87. The van der Waals surface area contributed by atoms with Crippen LogP contribution in [0.2, 0.25) is 0 Å². The molecule has 2 aliphatic heterocycles. The Kier molecular flexibility index (Phi) is 5.00. The maximum atomic E-state index is 12.2. The van der Waals surface area contributed by atoms with E-state index in [1.807, 2.05) is 6.92 Å². The third-order valence-electron chi connectivity index (χ3n) is 3.97. The SMILES string of the molecule is CCCNS(=O)(=O)N1CCCC1C1CCCNC1. The summed E-state index contributed by atoms with van der Waals surface area (Å²) in [5.41, 5.74) is 0. The van der Waals surface area contributed by atoms with Gasteiger partial charge < -0.3 is 5.32 Å². The van der Waals surface area contributed by atoms with Crippen LogP contribution in [0.3, 0.4) is 0 Å². The van der Waals surface area contributed by atoms with E-state index in [2.05, 4.69) is 10.0 Å². The van der Waals surface area contributed by atoms with E-state index >= 15 is 0 Å². The molecule has 0 aromatic rings. The Morgan fingerprint density at radius 3 is 2.83 bits per heavy atom. The highest BCUT2D eigenvalue weighted by Crippen LogP contribution is 2.29. The van der Waals surface area contributed by atoms with E-state index in [9.17, 15) is 8.42 Å². The van der Waals surface area contributed by atoms with Crippen LogP contribution in [-0.2, 0) is 10.2 Å². The fraction of sp³-hybridized carbons (Fsp3) is 1.00. The largest absolute Gasteiger partial charge is 0.316 e. The molecule has 2 fully saturated rings. The molecule has 6 heteroatoms. The molecule has 106 valence electrons. The van der Waals surface area contributed by atoms with Crippen molar-refractivity contribution in [2.75, 3.05) is 26.2 Å². The summed E-state index contributed by atoms with van der Waals surface area (Å²) in [6, 6.07) is 0.201. The van der Waals surface area contributed by atoms with Crippen molar-refractivity contribution in [1.29, 1.82) is 0 Å². The van der Waals surface area contributed by atoms with Gasteiger partial charge in [0.1, 0.15) is 0 Å². The minimum atomic E-state index is -3.27. The van der Waals surface area contributed by atoms with Gasteiger partial charge in [0.2, 0.25) is 0 Å². The van der Waals surface area contributed by atoms with Crippen LogP contribution >= 0.6 is 0 Å². The zero-order valence-corrected chi connectivity index (χ0v) is 12.0. The van der Waals surface area contributed by atoms with Gasteiger partial charge in [-0.3, -0.25) is 0 Å². The summed E-state index contributed by atoms with van der Waals surface area (Å²) in [6.45, 7) is 5.23. The summed E-state index contributed by atoms with van der Waals surface area (Å²) in [5.74, 6) is 0.486. The van der Waals surface area contributed by atoms with Crippen molar-refractivity contribution in [2.24, 2.45) is 5.92 Å². The predicted octanol–water partition coefficient (Wildman–Crippen LogP) is 0.695. The highest BCUT2D eigenvalue weighted by Gasteiger charge is 2.38. The molecule has 2 heterocycles.